The van der Waals surface area contributed by atoms with E-state index in [1.54, 1.807) is 0 Å². The summed E-state index contributed by atoms with van der Waals surface area (Å²) in [5.74, 6) is 0.941. The van der Waals surface area contributed by atoms with E-state index in [1.165, 1.54) is 0 Å². The van der Waals surface area contributed by atoms with Gasteiger partial charge in [-0.05, 0) is 30.4 Å². The van der Waals surface area contributed by atoms with E-state index in [2.05, 4.69) is 19.2 Å². The predicted octanol–water partition coefficient (Wildman–Crippen LogP) is 2.61. The third-order valence-electron chi connectivity index (χ3n) is 3.98. The van der Waals surface area contributed by atoms with Crippen LogP contribution in [0, 0.1) is 0 Å². The summed E-state index contributed by atoms with van der Waals surface area (Å²) in [5.41, 5.74) is 1.10. The van der Waals surface area contributed by atoms with Crippen molar-refractivity contribution in [1.29, 1.82) is 0 Å². The first-order valence-corrected chi connectivity index (χ1v) is 7.77. The van der Waals surface area contributed by atoms with Gasteiger partial charge in [0.1, 0.15) is 5.75 Å². The van der Waals surface area contributed by atoms with E-state index in [1.807, 2.05) is 24.3 Å². The summed E-state index contributed by atoms with van der Waals surface area (Å²) in [5, 5.41) is 12.7. The lowest BCUT2D eigenvalue weighted by molar-refractivity contribution is -0.125. The molecule has 2 N–H and O–H groups in total. The van der Waals surface area contributed by atoms with Crippen LogP contribution in [0.3, 0.4) is 0 Å². The number of amides is 1. The van der Waals surface area contributed by atoms with E-state index in [0.717, 1.165) is 37.0 Å². The van der Waals surface area contributed by atoms with Crippen LogP contribution < -0.4 is 10.1 Å². The number of hydrogen-bond acceptors (Lipinski definition) is 3. The third-order valence-corrected chi connectivity index (χ3v) is 3.98. The summed E-state index contributed by atoms with van der Waals surface area (Å²) >= 11 is 0. The minimum atomic E-state index is -0.425. The molecule has 2 atom stereocenters. The Morgan fingerprint density at radius 3 is 2.76 bits per heavy atom. The Kier molecular flexibility index (Phi) is 5.62. The van der Waals surface area contributed by atoms with Crippen LogP contribution in [0.25, 0.3) is 0 Å². The summed E-state index contributed by atoms with van der Waals surface area (Å²) in [6, 6.07) is 7.65. The van der Waals surface area contributed by atoms with Crippen molar-refractivity contribution in [3.8, 4) is 5.75 Å². The number of benzene rings is 1. The highest BCUT2D eigenvalue weighted by Gasteiger charge is 2.24. The molecule has 2 rings (SSSR count). The zero-order chi connectivity index (χ0) is 15.2. The normalized spacial score (nSPS) is 22.1. The van der Waals surface area contributed by atoms with Crippen molar-refractivity contribution in [3.63, 3.8) is 0 Å². The van der Waals surface area contributed by atoms with Gasteiger partial charge in [0.25, 0.3) is 5.91 Å². The molecule has 1 aromatic carbocycles. The summed E-state index contributed by atoms with van der Waals surface area (Å²) in [7, 11) is 0. The van der Waals surface area contributed by atoms with E-state index >= 15 is 0 Å². The fourth-order valence-corrected chi connectivity index (χ4v) is 2.76. The molecule has 0 unspecified atom stereocenters. The summed E-state index contributed by atoms with van der Waals surface area (Å²) in [6.07, 6.45) is 3.27. The number of carbonyl (C=O) groups excluding carboxylic acids is 1. The van der Waals surface area contributed by atoms with Gasteiger partial charge in [0.15, 0.2) is 6.61 Å². The molecule has 0 bridgehead atoms. The smallest absolute Gasteiger partial charge is 0.258 e. The maximum absolute atomic E-state index is 12.0. The molecule has 1 saturated carbocycles. The van der Waals surface area contributed by atoms with Crippen molar-refractivity contribution >= 4 is 5.91 Å². The Morgan fingerprint density at radius 2 is 2.05 bits per heavy atom. The first kappa shape index (κ1) is 15.8. The van der Waals surface area contributed by atoms with Gasteiger partial charge in [-0.25, -0.2) is 0 Å². The molecule has 21 heavy (non-hydrogen) atoms. The van der Waals surface area contributed by atoms with Crippen molar-refractivity contribution in [2.24, 2.45) is 0 Å². The summed E-state index contributed by atoms with van der Waals surface area (Å²) in [4.78, 5) is 12.0. The first-order chi connectivity index (χ1) is 10.1. The van der Waals surface area contributed by atoms with Crippen LogP contribution in [0.5, 0.6) is 5.75 Å². The Bertz CT molecular complexity index is 473. The largest absolute Gasteiger partial charge is 0.483 e. The van der Waals surface area contributed by atoms with Crippen LogP contribution in [0.4, 0.5) is 0 Å². The van der Waals surface area contributed by atoms with Gasteiger partial charge in [-0.3, -0.25) is 4.79 Å². The van der Waals surface area contributed by atoms with Crippen molar-refractivity contribution in [2.45, 2.75) is 57.6 Å². The topological polar surface area (TPSA) is 58.6 Å². The van der Waals surface area contributed by atoms with E-state index < -0.39 is 6.10 Å². The first-order valence-electron chi connectivity index (χ1n) is 7.77. The van der Waals surface area contributed by atoms with Crippen molar-refractivity contribution < 1.29 is 14.6 Å². The Morgan fingerprint density at radius 1 is 1.33 bits per heavy atom. The molecule has 0 heterocycles. The maximum atomic E-state index is 12.0. The van der Waals surface area contributed by atoms with Gasteiger partial charge >= 0.3 is 0 Å². The van der Waals surface area contributed by atoms with E-state index in [-0.39, 0.29) is 18.6 Å². The maximum Gasteiger partial charge on any atom is 0.258 e. The number of rotatable bonds is 5. The summed E-state index contributed by atoms with van der Waals surface area (Å²) < 4.78 is 5.64. The molecule has 1 amide bonds. The number of para-hydroxylation sites is 1. The lowest BCUT2D eigenvalue weighted by Crippen LogP contribution is -2.46. The second kappa shape index (κ2) is 7.46. The van der Waals surface area contributed by atoms with Gasteiger partial charge in [0.2, 0.25) is 0 Å². The second-order valence-electron chi connectivity index (χ2n) is 6.01. The fourth-order valence-electron chi connectivity index (χ4n) is 2.76. The Labute approximate surface area is 126 Å². The fraction of sp³-hybridized carbons (Fsp3) is 0.588. The molecule has 4 heteroatoms. The number of hydrogen-bond donors (Lipinski definition) is 2. The molecular formula is C17H25NO3. The van der Waals surface area contributed by atoms with Crippen LogP contribution in [0.15, 0.2) is 24.3 Å². The lowest BCUT2D eigenvalue weighted by atomic mass is 9.92. The average molecular weight is 291 g/mol. The number of nitrogens with one attached hydrogen (secondary N) is 1. The second-order valence-corrected chi connectivity index (χ2v) is 6.01. The van der Waals surface area contributed by atoms with Crippen LogP contribution in [0.2, 0.25) is 0 Å². The standard InChI is InChI=1S/C17H25NO3/c1-12(2)13-7-3-6-10-16(13)21-11-17(20)18-14-8-4-5-9-15(14)19/h3,6-7,10,12,14-15,19H,4-5,8-9,11H2,1-2H3,(H,18,20)/t14-,15-/m0/s1. The minimum Gasteiger partial charge on any atom is -0.483 e. The van der Waals surface area contributed by atoms with Crippen LogP contribution in [-0.2, 0) is 4.79 Å². The third kappa shape index (κ3) is 4.46. The Hall–Kier alpha value is -1.55. The molecule has 116 valence electrons. The molecule has 0 aliphatic heterocycles. The van der Waals surface area contributed by atoms with Gasteiger partial charge in [-0.15, -0.1) is 0 Å². The molecule has 1 aliphatic rings. The SMILES string of the molecule is CC(C)c1ccccc1OCC(=O)N[C@H]1CCCC[C@@H]1O. The van der Waals surface area contributed by atoms with Gasteiger partial charge in [0, 0.05) is 0 Å². The van der Waals surface area contributed by atoms with Gasteiger partial charge in [-0.1, -0.05) is 44.9 Å². The molecule has 4 nitrogen and oxygen atoms in total. The molecule has 1 aliphatic carbocycles. The van der Waals surface area contributed by atoms with Gasteiger partial charge in [-0.2, -0.15) is 0 Å². The molecule has 1 aromatic rings. The summed E-state index contributed by atoms with van der Waals surface area (Å²) in [6.45, 7) is 4.19. The minimum absolute atomic E-state index is 0.00699. The van der Waals surface area contributed by atoms with Crippen LogP contribution in [-0.4, -0.2) is 29.8 Å². The predicted molar refractivity (Wildman–Crippen MR) is 82.4 cm³/mol. The molecule has 1 fully saturated rings. The van der Waals surface area contributed by atoms with Crippen LogP contribution in [0.1, 0.15) is 51.0 Å². The molecular weight excluding hydrogens is 266 g/mol. The molecule has 0 radical (unpaired) electrons. The van der Waals surface area contributed by atoms with E-state index in [4.69, 9.17) is 4.74 Å². The van der Waals surface area contributed by atoms with Gasteiger partial charge < -0.3 is 15.2 Å². The zero-order valence-corrected chi connectivity index (χ0v) is 12.8. The molecule has 0 aromatic heterocycles. The number of carbonyl (C=O) groups is 1. The lowest BCUT2D eigenvalue weighted by Gasteiger charge is -2.28. The van der Waals surface area contributed by atoms with Crippen molar-refractivity contribution in [3.05, 3.63) is 29.8 Å². The number of aliphatic hydroxyl groups is 1. The van der Waals surface area contributed by atoms with E-state index in [0.29, 0.717) is 5.92 Å². The highest BCUT2D eigenvalue weighted by atomic mass is 16.5. The Balaban J connectivity index is 1.86. The quantitative estimate of drug-likeness (QED) is 0.876. The highest BCUT2D eigenvalue weighted by Crippen LogP contribution is 2.25. The van der Waals surface area contributed by atoms with Crippen molar-refractivity contribution in [2.75, 3.05) is 6.61 Å². The monoisotopic (exact) mass is 291 g/mol. The molecule has 0 spiro atoms. The number of ether oxygens (including phenoxy) is 1. The van der Waals surface area contributed by atoms with Crippen molar-refractivity contribution in [1.82, 2.24) is 5.32 Å². The van der Waals surface area contributed by atoms with Gasteiger partial charge in [0.05, 0.1) is 12.1 Å². The molecule has 0 saturated heterocycles. The zero-order valence-electron chi connectivity index (χ0n) is 12.8. The van der Waals surface area contributed by atoms with E-state index in [9.17, 15) is 9.90 Å². The average Bonchev–Trinajstić information content (AvgIpc) is 2.48. The number of aliphatic hydroxyl groups excluding tert-OH is 1. The highest BCUT2D eigenvalue weighted by molar-refractivity contribution is 5.78. The van der Waals surface area contributed by atoms with Crippen LogP contribution >= 0.6 is 0 Å².